The van der Waals surface area contributed by atoms with Gasteiger partial charge < -0.3 is 6.15 Å². The number of hydrogen-bond donors (Lipinski definition) is 1. The summed E-state index contributed by atoms with van der Waals surface area (Å²) in [5.74, 6) is 0.556. The van der Waals surface area contributed by atoms with Gasteiger partial charge in [-0.1, -0.05) is 6.08 Å². The Bertz CT molecular complexity index is 20.9. The second-order valence-electron chi connectivity index (χ2n) is 0.443. The molecule has 0 unspecified atom stereocenters. The van der Waals surface area contributed by atoms with Crippen LogP contribution in [0.5, 0.6) is 0 Å². The summed E-state index contributed by atoms with van der Waals surface area (Å²) < 4.78 is 0. The van der Waals surface area contributed by atoms with Gasteiger partial charge in [0, 0.05) is 5.88 Å². The normalized spacial score (nSPS) is 5.00. The van der Waals surface area contributed by atoms with Crippen molar-refractivity contribution in [3.05, 3.63) is 12.7 Å². The number of rotatable bonds is 1. The largest absolute Gasteiger partial charge is 0.344 e. The predicted molar refractivity (Wildman–Crippen MR) is 25.9 cm³/mol. The molecule has 5 heavy (non-hydrogen) atoms. The minimum atomic E-state index is 0. The fourth-order valence-corrected chi connectivity index (χ4v) is 0. The first-order chi connectivity index (χ1) is 1.91. The monoisotopic (exact) mass is 93.0 g/mol. The molecule has 0 atom stereocenters. The summed E-state index contributed by atoms with van der Waals surface area (Å²) >= 11 is 5.07. The molecular weight excluding hydrogens is 85.5 g/mol. The van der Waals surface area contributed by atoms with Crippen molar-refractivity contribution in [1.82, 2.24) is 6.15 Å². The molecule has 0 fully saturated rings. The van der Waals surface area contributed by atoms with Crippen LogP contribution in [0.3, 0.4) is 0 Å². The third-order valence-electron chi connectivity index (χ3n) is 0.109. The molecule has 0 aromatic rings. The van der Waals surface area contributed by atoms with E-state index < -0.39 is 0 Å². The van der Waals surface area contributed by atoms with E-state index in [-0.39, 0.29) is 6.15 Å². The van der Waals surface area contributed by atoms with Crippen LogP contribution in [0, 0.1) is 0 Å². The third-order valence-corrected chi connectivity index (χ3v) is 0.327. The van der Waals surface area contributed by atoms with Gasteiger partial charge in [-0.15, -0.1) is 18.2 Å². The highest BCUT2D eigenvalue weighted by atomic mass is 35.5. The van der Waals surface area contributed by atoms with Gasteiger partial charge in [-0.25, -0.2) is 0 Å². The molecule has 0 aromatic heterocycles. The molecule has 1 nitrogen and oxygen atoms in total. The van der Waals surface area contributed by atoms with Gasteiger partial charge in [-0.2, -0.15) is 0 Å². The minimum Gasteiger partial charge on any atom is -0.344 e. The standard InChI is InChI=1S/C3H5Cl.H3N/c1-2-3-4;/h2H,1,3H2;1H3. The van der Waals surface area contributed by atoms with E-state index in [2.05, 4.69) is 6.58 Å². The van der Waals surface area contributed by atoms with Crippen molar-refractivity contribution >= 4 is 11.6 Å². The third kappa shape index (κ3) is 16.1. The molecule has 0 heterocycles. The fourth-order valence-electron chi connectivity index (χ4n) is 0. The van der Waals surface area contributed by atoms with Crippen LogP contribution in [0.25, 0.3) is 0 Å². The van der Waals surface area contributed by atoms with Gasteiger partial charge in [0.2, 0.25) is 0 Å². The second-order valence-corrected chi connectivity index (χ2v) is 0.752. The smallest absolute Gasteiger partial charge is 0.0401 e. The summed E-state index contributed by atoms with van der Waals surface area (Å²) in [6.45, 7) is 3.35. The number of hydrogen-bond acceptors (Lipinski definition) is 1. The summed E-state index contributed by atoms with van der Waals surface area (Å²) in [4.78, 5) is 0. The Hall–Kier alpha value is -0.0100. The highest BCUT2D eigenvalue weighted by molar-refractivity contribution is 6.18. The molecule has 32 valence electrons. The number of halogens is 1. The Labute approximate surface area is 37.2 Å². The van der Waals surface area contributed by atoms with Crippen LogP contribution in [0.4, 0.5) is 0 Å². The van der Waals surface area contributed by atoms with Crippen LogP contribution in [0.2, 0.25) is 0 Å². The van der Waals surface area contributed by atoms with Gasteiger partial charge in [0.25, 0.3) is 0 Å². The quantitative estimate of drug-likeness (QED) is 0.388. The van der Waals surface area contributed by atoms with E-state index in [0.717, 1.165) is 0 Å². The molecule has 0 aliphatic carbocycles. The Morgan fingerprint density at radius 3 is 2.00 bits per heavy atom. The lowest BCUT2D eigenvalue weighted by Gasteiger charge is -1.55. The van der Waals surface area contributed by atoms with Crippen molar-refractivity contribution in [2.75, 3.05) is 5.88 Å². The summed E-state index contributed by atoms with van der Waals surface area (Å²) in [5.41, 5.74) is 0. The van der Waals surface area contributed by atoms with Gasteiger partial charge in [0.05, 0.1) is 0 Å². The highest BCUT2D eigenvalue weighted by Crippen LogP contribution is 1.67. The van der Waals surface area contributed by atoms with Crippen LogP contribution in [-0.2, 0) is 0 Å². The maximum absolute atomic E-state index is 5.07. The molecule has 0 radical (unpaired) electrons. The van der Waals surface area contributed by atoms with Crippen molar-refractivity contribution in [3.63, 3.8) is 0 Å². The number of allylic oxidation sites excluding steroid dienone is 1. The van der Waals surface area contributed by atoms with Gasteiger partial charge in [-0.3, -0.25) is 0 Å². The molecule has 0 rings (SSSR count). The number of alkyl halides is 1. The van der Waals surface area contributed by atoms with E-state index in [1.54, 1.807) is 6.08 Å². The average Bonchev–Trinajstić information content (AvgIpc) is 1.37. The lowest BCUT2D eigenvalue weighted by Crippen LogP contribution is -1.45. The maximum atomic E-state index is 5.07. The molecule has 0 aromatic carbocycles. The van der Waals surface area contributed by atoms with Crippen LogP contribution in [-0.4, -0.2) is 5.88 Å². The van der Waals surface area contributed by atoms with E-state index in [9.17, 15) is 0 Å². The lowest BCUT2D eigenvalue weighted by atomic mass is 10.8. The Kier molecular flexibility index (Phi) is 16.0. The zero-order valence-electron chi connectivity index (χ0n) is 3.08. The van der Waals surface area contributed by atoms with E-state index in [1.165, 1.54) is 0 Å². The topological polar surface area (TPSA) is 35.0 Å². The first-order valence-corrected chi connectivity index (χ1v) is 1.62. The lowest BCUT2D eigenvalue weighted by molar-refractivity contribution is 1.80. The molecule has 2 heteroatoms. The molecule has 3 N–H and O–H groups in total. The summed E-state index contributed by atoms with van der Waals surface area (Å²) in [6, 6.07) is 0. The molecule has 0 amide bonds. The molecule has 0 saturated heterocycles. The minimum absolute atomic E-state index is 0. The van der Waals surface area contributed by atoms with Crippen LogP contribution in [0.15, 0.2) is 12.7 Å². The molecule has 0 saturated carbocycles. The molecule has 0 aliphatic rings. The van der Waals surface area contributed by atoms with Crippen LogP contribution in [0.1, 0.15) is 0 Å². The van der Waals surface area contributed by atoms with Crippen molar-refractivity contribution in [2.45, 2.75) is 0 Å². The fraction of sp³-hybridized carbons (Fsp3) is 0.333. The van der Waals surface area contributed by atoms with Crippen molar-refractivity contribution < 1.29 is 0 Å². The SMILES string of the molecule is C=CCCl.N. The first kappa shape index (κ1) is 8.89. The Morgan fingerprint density at radius 2 is 2.00 bits per heavy atom. The summed E-state index contributed by atoms with van der Waals surface area (Å²) in [5, 5.41) is 0. The second kappa shape index (κ2) is 9.01. The van der Waals surface area contributed by atoms with E-state index in [1.807, 2.05) is 0 Å². The van der Waals surface area contributed by atoms with Crippen LogP contribution >= 0.6 is 11.6 Å². The molecule has 0 spiro atoms. The maximum Gasteiger partial charge on any atom is 0.0401 e. The van der Waals surface area contributed by atoms with Gasteiger partial charge >= 0.3 is 0 Å². The Balaban J connectivity index is 0. The molecule has 0 bridgehead atoms. The van der Waals surface area contributed by atoms with Gasteiger partial charge in [0.1, 0.15) is 0 Å². The highest BCUT2D eigenvalue weighted by Gasteiger charge is 1.48. The van der Waals surface area contributed by atoms with E-state index in [0.29, 0.717) is 5.88 Å². The van der Waals surface area contributed by atoms with Crippen LogP contribution < -0.4 is 6.15 Å². The van der Waals surface area contributed by atoms with Gasteiger partial charge in [0.15, 0.2) is 0 Å². The van der Waals surface area contributed by atoms with Crippen molar-refractivity contribution in [3.8, 4) is 0 Å². The zero-order valence-corrected chi connectivity index (χ0v) is 3.83. The zero-order chi connectivity index (χ0) is 3.41. The molecule has 0 aliphatic heterocycles. The average molecular weight is 93.6 g/mol. The van der Waals surface area contributed by atoms with Crippen molar-refractivity contribution in [2.24, 2.45) is 0 Å². The summed E-state index contributed by atoms with van der Waals surface area (Å²) in [6.07, 6.45) is 1.64. The van der Waals surface area contributed by atoms with Crippen molar-refractivity contribution in [1.29, 1.82) is 0 Å². The van der Waals surface area contributed by atoms with E-state index in [4.69, 9.17) is 11.6 Å². The van der Waals surface area contributed by atoms with Gasteiger partial charge in [-0.05, 0) is 0 Å². The predicted octanol–water partition coefficient (Wildman–Crippen LogP) is 1.57. The molecular formula is C3H8ClN. The first-order valence-electron chi connectivity index (χ1n) is 1.08. The Morgan fingerprint density at radius 1 is 1.80 bits per heavy atom. The van der Waals surface area contributed by atoms with E-state index >= 15 is 0 Å². The summed E-state index contributed by atoms with van der Waals surface area (Å²) in [7, 11) is 0.